The van der Waals surface area contributed by atoms with E-state index in [1.165, 1.54) is 19.2 Å². The molecule has 0 atom stereocenters. The van der Waals surface area contributed by atoms with Crippen molar-refractivity contribution < 1.29 is 22.3 Å². The fourth-order valence-electron chi connectivity index (χ4n) is 2.63. The molecule has 3 aromatic rings. The minimum Gasteiger partial charge on any atom is -0.383 e. The van der Waals surface area contributed by atoms with Crippen LogP contribution in [0.15, 0.2) is 30.3 Å². The number of hydrogen-bond donors (Lipinski definition) is 1. The van der Waals surface area contributed by atoms with Gasteiger partial charge in [-0.3, -0.25) is 0 Å². The molecule has 0 amide bonds. The van der Waals surface area contributed by atoms with E-state index < -0.39 is 17.7 Å². The number of benzene rings is 1. The van der Waals surface area contributed by atoms with Crippen LogP contribution in [0.2, 0.25) is 0 Å². The topological polar surface area (TPSA) is 51.5 Å². The Morgan fingerprint density at radius 3 is 2.50 bits per heavy atom. The summed E-state index contributed by atoms with van der Waals surface area (Å²) in [7, 11) is 1.53. The Labute approximate surface area is 146 Å². The lowest BCUT2D eigenvalue weighted by atomic mass is 10.1. The van der Waals surface area contributed by atoms with Crippen LogP contribution in [-0.4, -0.2) is 34.9 Å². The smallest absolute Gasteiger partial charge is 0.383 e. The van der Waals surface area contributed by atoms with Crippen LogP contribution < -0.4 is 5.32 Å². The fraction of sp³-hybridized carbons (Fsp3) is 0.294. The molecular formula is C17H16F4N4O. The molecule has 0 radical (unpaired) electrons. The van der Waals surface area contributed by atoms with E-state index in [2.05, 4.69) is 15.4 Å². The monoisotopic (exact) mass is 368 g/mol. The van der Waals surface area contributed by atoms with Crippen molar-refractivity contribution in [1.29, 1.82) is 0 Å². The van der Waals surface area contributed by atoms with E-state index in [9.17, 15) is 17.6 Å². The lowest BCUT2D eigenvalue weighted by Crippen LogP contribution is -2.12. The van der Waals surface area contributed by atoms with E-state index in [0.717, 1.165) is 16.6 Å². The molecule has 2 heterocycles. The lowest BCUT2D eigenvalue weighted by molar-refractivity contribution is -0.140. The number of aryl methyl sites for hydroxylation is 1. The van der Waals surface area contributed by atoms with Gasteiger partial charge in [0.1, 0.15) is 11.6 Å². The Balaban J connectivity index is 2.25. The molecule has 0 aliphatic rings. The van der Waals surface area contributed by atoms with Gasteiger partial charge < -0.3 is 10.1 Å². The summed E-state index contributed by atoms with van der Waals surface area (Å²) in [6.07, 6.45) is -4.69. The van der Waals surface area contributed by atoms with Crippen LogP contribution in [0.25, 0.3) is 16.8 Å². The maximum absolute atomic E-state index is 13.6. The van der Waals surface area contributed by atoms with Crippen molar-refractivity contribution in [3.63, 3.8) is 0 Å². The Morgan fingerprint density at radius 2 is 1.88 bits per heavy atom. The average molecular weight is 368 g/mol. The van der Waals surface area contributed by atoms with E-state index in [-0.39, 0.29) is 16.8 Å². The van der Waals surface area contributed by atoms with Crippen molar-refractivity contribution in [3.8, 4) is 11.1 Å². The van der Waals surface area contributed by atoms with Crippen LogP contribution in [0.5, 0.6) is 0 Å². The number of methoxy groups -OCH3 is 1. The quantitative estimate of drug-likeness (QED) is 0.548. The summed E-state index contributed by atoms with van der Waals surface area (Å²) in [5, 5.41) is 6.72. The molecule has 3 rings (SSSR count). The molecule has 0 unspecified atom stereocenters. The molecule has 138 valence electrons. The van der Waals surface area contributed by atoms with Crippen LogP contribution in [0.3, 0.4) is 0 Å². The highest BCUT2D eigenvalue weighted by atomic mass is 19.4. The third-order valence-electron chi connectivity index (χ3n) is 3.73. The Hall–Kier alpha value is -2.68. The zero-order valence-corrected chi connectivity index (χ0v) is 14.1. The van der Waals surface area contributed by atoms with Gasteiger partial charge in [-0.1, -0.05) is 12.1 Å². The minimum absolute atomic E-state index is 0.0452. The van der Waals surface area contributed by atoms with E-state index in [1.54, 1.807) is 13.0 Å². The van der Waals surface area contributed by atoms with Gasteiger partial charge in [-0.25, -0.2) is 9.37 Å². The number of halogens is 4. The van der Waals surface area contributed by atoms with E-state index in [1.807, 2.05) is 0 Å². The first kappa shape index (κ1) is 18.1. The SMILES string of the molecule is COCCNc1cc(C)nc2c(-c3ccc(F)cc3)c(C(F)(F)F)nn12. The predicted octanol–water partition coefficient (Wildman–Crippen LogP) is 3.92. The highest BCUT2D eigenvalue weighted by molar-refractivity contribution is 5.81. The van der Waals surface area contributed by atoms with Crippen LogP contribution in [0, 0.1) is 12.7 Å². The second-order valence-corrected chi connectivity index (χ2v) is 5.67. The Morgan fingerprint density at radius 1 is 1.19 bits per heavy atom. The molecule has 0 spiro atoms. The van der Waals surface area contributed by atoms with Crippen LogP contribution in [0.4, 0.5) is 23.4 Å². The van der Waals surface area contributed by atoms with Crippen LogP contribution in [-0.2, 0) is 10.9 Å². The van der Waals surface area contributed by atoms with Crippen molar-refractivity contribution in [2.24, 2.45) is 0 Å². The molecule has 5 nitrogen and oxygen atoms in total. The standard InChI is InChI=1S/C17H16F4N4O/c1-10-9-13(22-7-8-26-2)25-16(23-10)14(15(24-25)17(19,20)21)11-3-5-12(18)6-4-11/h3-6,9,22H,7-8H2,1-2H3. The molecule has 0 saturated heterocycles. The maximum Gasteiger partial charge on any atom is 0.435 e. The molecule has 0 saturated carbocycles. The molecule has 0 aliphatic carbocycles. The van der Waals surface area contributed by atoms with Crippen molar-refractivity contribution in [2.45, 2.75) is 13.1 Å². The van der Waals surface area contributed by atoms with Gasteiger partial charge in [0.05, 0.1) is 12.2 Å². The van der Waals surface area contributed by atoms with Gasteiger partial charge in [0, 0.05) is 25.4 Å². The van der Waals surface area contributed by atoms with Gasteiger partial charge in [0.15, 0.2) is 11.3 Å². The number of rotatable bonds is 5. The van der Waals surface area contributed by atoms with Crippen molar-refractivity contribution in [3.05, 3.63) is 47.5 Å². The lowest BCUT2D eigenvalue weighted by Gasteiger charge is -2.09. The highest BCUT2D eigenvalue weighted by Gasteiger charge is 2.39. The second-order valence-electron chi connectivity index (χ2n) is 5.67. The third-order valence-corrected chi connectivity index (χ3v) is 3.73. The summed E-state index contributed by atoms with van der Waals surface area (Å²) in [6.45, 7) is 2.44. The van der Waals surface area contributed by atoms with E-state index in [4.69, 9.17) is 4.74 Å². The zero-order chi connectivity index (χ0) is 18.9. The summed E-state index contributed by atoms with van der Waals surface area (Å²) in [5.74, 6) is -0.173. The molecular weight excluding hydrogens is 352 g/mol. The zero-order valence-electron chi connectivity index (χ0n) is 14.1. The second kappa shape index (κ2) is 6.91. The molecule has 1 N–H and O–H groups in total. The van der Waals surface area contributed by atoms with Gasteiger partial charge in [-0.15, -0.1) is 0 Å². The number of nitrogens with one attached hydrogen (secondary N) is 1. The Bertz CT molecular complexity index is 919. The number of nitrogens with zero attached hydrogens (tertiary/aromatic N) is 3. The van der Waals surface area contributed by atoms with Crippen LogP contribution in [0.1, 0.15) is 11.4 Å². The molecule has 2 aromatic heterocycles. The first-order valence-electron chi connectivity index (χ1n) is 7.77. The van der Waals surface area contributed by atoms with E-state index in [0.29, 0.717) is 24.7 Å². The summed E-state index contributed by atoms with van der Waals surface area (Å²) >= 11 is 0. The minimum atomic E-state index is -4.69. The summed E-state index contributed by atoms with van der Waals surface area (Å²) in [4.78, 5) is 4.23. The maximum atomic E-state index is 13.6. The van der Waals surface area contributed by atoms with Crippen molar-refractivity contribution in [2.75, 3.05) is 25.6 Å². The van der Waals surface area contributed by atoms with Gasteiger partial charge in [0.2, 0.25) is 0 Å². The highest BCUT2D eigenvalue weighted by Crippen LogP contribution is 2.39. The summed E-state index contributed by atoms with van der Waals surface area (Å²) in [6, 6.07) is 6.37. The number of anilines is 1. The third kappa shape index (κ3) is 3.48. The van der Waals surface area contributed by atoms with Gasteiger partial charge in [-0.2, -0.15) is 22.8 Å². The summed E-state index contributed by atoms with van der Waals surface area (Å²) < 4.78 is 60.0. The first-order chi connectivity index (χ1) is 12.3. The molecule has 9 heteroatoms. The van der Waals surface area contributed by atoms with Gasteiger partial charge >= 0.3 is 6.18 Å². The predicted molar refractivity (Wildman–Crippen MR) is 88.5 cm³/mol. The normalized spacial score (nSPS) is 11.9. The summed E-state index contributed by atoms with van der Waals surface area (Å²) in [5.41, 5.74) is -0.499. The van der Waals surface area contributed by atoms with E-state index >= 15 is 0 Å². The number of fused-ring (bicyclic) bond motifs is 1. The van der Waals surface area contributed by atoms with Gasteiger partial charge in [-0.05, 0) is 24.6 Å². The van der Waals surface area contributed by atoms with Crippen molar-refractivity contribution >= 4 is 11.5 Å². The molecule has 0 bridgehead atoms. The molecule has 26 heavy (non-hydrogen) atoms. The number of alkyl halides is 3. The number of hydrogen-bond acceptors (Lipinski definition) is 4. The number of aromatic nitrogens is 3. The van der Waals surface area contributed by atoms with Crippen LogP contribution >= 0.6 is 0 Å². The first-order valence-corrected chi connectivity index (χ1v) is 7.77. The molecule has 0 aliphatic heterocycles. The average Bonchev–Trinajstić information content (AvgIpc) is 2.95. The number of ether oxygens (including phenoxy) is 1. The largest absolute Gasteiger partial charge is 0.435 e. The van der Waals surface area contributed by atoms with Gasteiger partial charge in [0.25, 0.3) is 0 Å². The molecule has 0 fully saturated rings. The molecule has 1 aromatic carbocycles. The Kier molecular flexibility index (Phi) is 4.82. The van der Waals surface area contributed by atoms with Crippen molar-refractivity contribution in [1.82, 2.24) is 14.6 Å². The fourth-order valence-corrected chi connectivity index (χ4v) is 2.63.